The summed E-state index contributed by atoms with van der Waals surface area (Å²) in [5.74, 6) is -2.62. The SMILES string of the molecule is CCCCC(=O)C([O-])C(=O)CCCC.CCCCC(=O)C([O-])C(=O)CCCC.CCCCC(=O)C([O-])C(=O)CCCC.[La+3]. The van der Waals surface area contributed by atoms with E-state index in [1.54, 1.807) is 0 Å². The Balaban J connectivity index is -0.000000262. The molecule has 10 heteroatoms. The topological polar surface area (TPSA) is 172 Å². The number of rotatable bonds is 24. The average Bonchev–Trinajstić information content (AvgIpc) is 3.00. The van der Waals surface area contributed by atoms with E-state index in [0.29, 0.717) is 38.5 Å². The summed E-state index contributed by atoms with van der Waals surface area (Å²) < 4.78 is 0. The number of carbonyl (C=O) groups excluding carboxylic acids is 6. The Kier molecular flexibility index (Phi) is 38.7. The van der Waals surface area contributed by atoms with Gasteiger partial charge in [0.2, 0.25) is 0 Å². The van der Waals surface area contributed by atoms with Crippen molar-refractivity contribution in [2.24, 2.45) is 0 Å². The van der Waals surface area contributed by atoms with Gasteiger partial charge >= 0.3 is 35.6 Å². The van der Waals surface area contributed by atoms with Crippen LogP contribution in [0, 0.1) is 35.6 Å². The molecule has 246 valence electrons. The Hall–Kier alpha value is -0.905. The zero-order valence-electron chi connectivity index (χ0n) is 27.7. The molecule has 0 fully saturated rings. The minimum Gasteiger partial charge on any atom is -0.841 e. The minimum absolute atomic E-state index is 0. The Morgan fingerprint density at radius 2 is 0.465 bits per heavy atom. The molecule has 0 atom stereocenters. The molecular formula is C33H57LaO9. The van der Waals surface area contributed by atoms with Crippen molar-refractivity contribution in [3.63, 3.8) is 0 Å². The summed E-state index contributed by atoms with van der Waals surface area (Å²) in [6, 6.07) is 0. The fourth-order valence-corrected chi connectivity index (χ4v) is 3.43. The van der Waals surface area contributed by atoms with Gasteiger partial charge in [0, 0.05) is 38.5 Å². The van der Waals surface area contributed by atoms with Crippen molar-refractivity contribution in [2.75, 3.05) is 0 Å². The summed E-state index contributed by atoms with van der Waals surface area (Å²) in [6.07, 6.45) is 6.16. The van der Waals surface area contributed by atoms with Crippen LogP contribution < -0.4 is 15.3 Å². The van der Waals surface area contributed by atoms with E-state index in [4.69, 9.17) is 0 Å². The standard InChI is InChI=1S/3C11H19O3.La/c3*1-3-5-7-9(12)11(14)10(13)8-6-4-2;/h3*11H,3-8H2,1-2H3;/q3*-1;+3. The second kappa shape index (κ2) is 34.0. The molecule has 0 saturated carbocycles. The quantitative estimate of drug-likeness (QED) is 0.134. The van der Waals surface area contributed by atoms with E-state index in [-0.39, 0.29) is 74.1 Å². The van der Waals surface area contributed by atoms with Crippen LogP contribution in [-0.2, 0) is 28.8 Å². The number of hydrogen-bond donors (Lipinski definition) is 0. The number of Topliss-reactive ketones (excluding diaryl/α,β-unsaturated/α-hetero) is 6. The maximum atomic E-state index is 11.2. The first-order valence-electron chi connectivity index (χ1n) is 16.0. The molecule has 0 aliphatic carbocycles. The first kappa shape index (κ1) is 49.0. The summed E-state index contributed by atoms with van der Waals surface area (Å²) in [5, 5.41) is 33.7. The Bertz CT molecular complexity index is 608. The van der Waals surface area contributed by atoms with Crippen molar-refractivity contribution in [3.8, 4) is 0 Å². The van der Waals surface area contributed by atoms with E-state index in [2.05, 4.69) is 0 Å². The van der Waals surface area contributed by atoms with Crippen LogP contribution in [0.5, 0.6) is 0 Å². The molecule has 0 rings (SSSR count). The van der Waals surface area contributed by atoms with Gasteiger partial charge < -0.3 is 44.1 Å². The van der Waals surface area contributed by atoms with Crippen molar-refractivity contribution in [2.45, 2.75) is 175 Å². The predicted octanol–water partition coefficient (Wildman–Crippen LogP) is 3.70. The van der Waals surface area contributed by atoms with E-state index in [1.807, 2.05) is 41.5 Å². The summed E-state index contributed by atoms with van der Waals surface area (Å²) in [5.41, 5.74) is 0. The molecule has 0 aromatic heterocycles. The first-order valence-corrected chi connectivity index (χ1v) is 16.0. The van der Waals surface area contributed by atoms with Crippen molar-refractivity contribution in [3.05, 3.63) is 0 Å². The number of carbonyl (C=O) groups is 6. The molecule has 0 aliphatic rings. The second-order valence-electron chi connectivity index (χ2n) is 10.6. The van der Waals surface area contributed by atoms with Gasteiger partial charge in [0.1, 0.15) is 34.7 Å². The van der Waals surface area contributed by atoms with E-state index < -0.39 is 53.0 Å². The van der Waals surface area contributed by atoms with Crippen LogP contribution in [0.2, 0.25) is 0 Å². The maximum absolute atomic E-state index is 11.2. The van der Waals surface area contributed by atoms with Crippen LogP contribution >= 0.6 is 0 Å². The normalized spacial score (nSPS) is 10.3. The molecule has 0 N–H and O–H groups in total. The van der Waals surface area contributed by atoms with Crippen LogP contribution in [0.3, 0.4) is 0 Å². The van der Waals surface area contributed by atoms with Gasteiger partial charge in [-0.25, -0.2) is 0 Å². The Labute approximate surface area is 288 Å². The maximum Gasteiger partial charge on any atom is 3.00 e. The van der Waals surface area contributed by atoms with Gasteiger partial charge in [0.05, 0.1) is 0 Å². The van der Waals surface area contributed by atoms with Crippen LogP contribution in [0.15, 0.2) is 0 Å². The largest absolute Gasteiger partial charge is 3.00 e. The Morgan fingerprint density at radius 3 is 0.558 bits per heavy atom. The van der Waals surface area contributed by atoms with Crippen LogP contribution in [0.25, 0.3) is 0 Å². The molecule has 0 unspecified atom stereocenters. The van der Waals surface area contributed by atoms with Gasteiger partial charge in [0.15, 0.2) is 0 Å². The molecule has 0 amide bonds. The van der Waals surface area contributed by atoms with E-state index in [1.165, 1.54) is 0 Å². The average molecular weight is 737 g/mol. The van der Waals surface area contributed by atoms with Gasteiger partial charge in [0.25, 0.3) is 0 Å². The van der Waals surface area contributed by atoms with Crippen LogP contribution in [0.4, 0.5) is 0 Å². The second-order valence-corrected chi connectivity index (χ2v) is 10.6. The van der Waals surface area contributed by atoms with Gasteiger partial charge in [-0.3, -0.25) is 0 Å². The number of unbranched alkanes of at least 4 members (excludes halogenated alkanes) is 6. The number of hydrogen-bond acceptors (Lipinski definition) is 9. The predicted molar refractivity (Wildman–Crippen MR) is 159 cm³/mol. The van der Waals surface area contributed by atoms with Crippen LogP contribution in [-0.4, -0.2) is 53.0 Å². The third kappa shape index (κ3) is 28.3. The van der Waals surface area contributed by atoms with E-state index in [0.717, 1.165) is 38.5 Å². The molecule has 0 aromatic rings. The van der Waals surface area contributed by atoms with Crippen molar-refractivity contribution < 1.29 is 79.7 Å². The number of ketones is 6. The third-order valence-electron chi connectivity index (χ3n) is 6.41. The summed E-state index contributed by atoms with van der Waals surface area (Å²) >= 11 is 0. The molecule has 43 heavy (non-hydrogen) atoms. The fraction of sp³-hybridized carbons (Fsp3) is 0.818. The molecular weight excluding hydrogens is 679 g/mol. The third-order valence-corrected chi connectivity index (χ3v) is 6.41. The van der Waals surface area contributed by atoms with Crippen molar-refractivity contribution in [1.29, 1.82) is 0 Å². The van der Waals surface area contributed by atoms with Crippen molar-refractivity contribution in [1.82, 2.24) is 0 Å². The summed E-state index contributed by atoms with van der Waals surface area (Å²) in [7, 11) is 0. The zero-order chi connectivity index (χ0) is 32.9. The van der Waals surface area contributed by atoms with Gasteiger partial charge in [-0.1, -0.05) is 80.1 Å². The van der Waals surface area contributed by atoms with Gasteiger partial charge in [-0.15, -0.1) is 0 Å². The molecule has 0 aliphatic heterocycles. The summed E-state index contributed by atoms with van der Waals surface area (Å²) in [6.45, 7) is 11.7. The monoisotopic (exact) mass is 736 g/mol. The zero-order valence-corrected chi connectivity index (χ0v) is 31.3. The first-order chi connectivity index (χ1) is 19.9. The molecule has 0 bridgehead atoms. The molecule has 0 heterocycles. The molecule has 0 saturated heterocycles. The van der Waals surface area contributed by atoms with E-state index >= 15 is 0 Å². The summed E-state index contributed by atoms with van der Waals surface area (Å²) in [4.78, 5) is 67.0. The fourth-order valence-electron chi connectivity index (χ4n) is 3.43. The molecule has 0 aromatic carbocycles. The Morgan fingerprint density at radius 1 is 0.349 bits per heavy atom. The van der Waals surface area contributed by atoms with E-state index in [9.17, 15) is 44.1 Å². The minimum atomic E-state index is -1.62. The molecule has 9 nitrogen and oxygen atoms in total. The van der Waals surface area contributed by atoms with Crippen molar-refractivity contribution >= 4 is 34.7 Å². The molecule has 0 spiro atoms. The van der Waals surface area contributed by atoms with Gasteiger partial charge in [-0.05, 0) is 56.8 Å². The van der Waals surface area contributed by atoms with Gasteiger partial charge in [-0.2, -0.15) is 0 Å². The molecule has 0 radical (unpaired) electrons. The van der Waals surface area contributed by atoms with Crippen LogP contribution in [0.1, 0.15) is 157 Å². The smallest absolute Gasteiger partial charge is 0.841 e.